The zero-order valence-electron chi connectivity index (χ0n) is 10.5. The van der Waals surface area contributed by atoms with Crippen molar-refractivity contribution >= 4 is 11.4 Å². The monoisotopic (exact) mass is 250 g/mol. The lowest BCUT2D eigenvalue weighted by Gasteiger charge is -2.32. The molecule has 1 saturated heterocycles. The molecule has 0 saturated carbocycles. The zero-order valence-corrected chi connectivity index (χ0v) is 10.5. The third-order valence-corrected chi connectivity index (χ3v) is 3.29. The van der Waals surface area contributed by atoms with Crippen molar-refractivity contribution in [2.24, 2.45) is 0 Å². The molecule has 6 heteroatoms. The predicted octanol–water partition coefficient (Wildman–Crippen LogP) is 0.924. The fraction of sp³-hybridized carbons (Fsp3) is 0.500. The first-order valence-corrected chi connectivity index (χ1v) is 6.00. The van der Waals surface area contributed by atoms with Gasteiger partial charge in [-0.1, -0.05) is 6.07 Å². The summed E-state index contributed by atoms with van der Waals surface area (Å²) in [6.45, 7) is 4.96. The molecule has 1 aliphatic heterocycles. The van der Waals surface area contributed by atoms with Gasteiger partial charge in [-0.2, -0.15) is 0 Å². The van der Waals surface area contributed by atoms with Gasteiger partial charge in [0.05, 0.1) is 4.92 Å². The number of piperazine rings is 1. The Labute approximate surface area is 106 Å². The average Bonchev–Trinajstić information content (AvgIpc) is 2.32. The van der Waals surface area contributed by atoms with Crippen LogP contribution in [0.15, 0.2) is 18.2 Å². The number of hydrogen-bond donors (Lipinski definition) is 1. The molecule has 0 atom stereocenters. The highest BCUT2D eigenvalue weighted by Gasteiger charge is 2.16. The van der Waals surface area contributed by atoms with E-state index in [0.717, 1.165) is 38.3 Å². The fourth-order valence-corrected chi connectivity index (χ4v) is 2.13. The van der Waals surface area contributed by atoms with Crippen LogP contribution in [-0.4, -0.2) is 47.9 Å². The SMILES string of the molecule is CN1CCN(Cc2ccc([N+](=O)[O-])c(N)c2)CC1. The Balaban J connectivity index is 2.02. The number of rotatable bonds is 3. The third-order valence-electron chi connectivity index (χ3n) is 3.29. The van der Waals surface area contributed by atoms with Gasteiger partial charge in [-0.15, -0.1) is 0 Å². The number of nitrogens with two attached hydrogens (primary N) is 1. The molecule has 0 bridgehead atoms. The Morgan fingerprint density at radius 2 is 2.00 bits per heavy atom. The lowest BCUT2D eigenvalue weighted by atomic mass is 10.1. The van der Waals surface area contributed by atoms with Crippen LogP contribution in [0.2, 0.25) is 0 Å². The molecule has 0 unspecified atom stereocenters. The summed E-state index contributed by atoms with van der Waals surface area (Å²) in [7, 11) is 2.11. The van der Waals surface area contributed by atoms with Crippen LogP contribution in [0.25, 0.3) is 0 Å². The maximum Gasteiger partial charge on any atom is 0.292 e. The summed E-state index contributed by atoms with van der Waals surface area (Å²) in [5, 5.41) is 10.7. The number of nitrogen functional groups attached to an aromatic ring is 1. The highest BCUT2D eigenvalue weighted by atomic mass is 16.6. The first-order chi connectivity index (χ1) is 8.56. The molecule has 98 valence electrons. The Hall–Kier alpha value is -1.66. The number of nitro benzene ring substituents is 1. The Morgan fingerprint density at radius 1 is 1.33 bits per heavy atom. The van der Waals surface area contributed by atoms with Crippen molar-refractivity contribution in [3.8, 4) is 0 Å². The predicted molar refractivity (Wildman–Crippen MR) is 70.3 cm³/mol. The minimum absolute atomic E-state index is 0.0165. The van der Waals surface area contributed by atoms with Crippen molar-refractivity contribution in [1.29, 1.82) is 0 Å². The molecular weight excluding hydrogens is 232 g/mol. The molecule has 2 rings (SSSR count). The summed E-state index contributed by atoms with van der Waals surface area (Å²) in [5.41, 5.74) is 6.94. The molecule has 0 aliphatic carbocycles. The van der Waals surface area contributed by atoms with Gasteiger partial charge in [0, 0.05) is 38.8 Å². The van der Waals surface area contributed by atoms with Crippen molar-refractivity contribution in [2.45, 2.75) is 6.54 Å². The van der Waals surface area contributed by atoms with Crippen LogP contribution in [0.5, 0.6) is 0 Å². The molecule has 1 aliphatic rings. The van der Waals surface area contributed by atoms with Crippen LogP contribution in [0.4, 0.5) is 11.4 Å². The van der Waals surface area contributed by atoms with Crippen LogP contribution in [0.1, 0.15) is 5.56 Å². The van der Waals surface area contributed by atoms with E-state index >= 15 is 0 Å². The van der Waals surface area contributed by atoms with Gasteiger partial charge in [0.1, 0.15) is 5.69 Å². The van der Waals surface area contributed by atoms with Gasteiger partial charge in [-0.3, -0.25) is 15.0 Å². The van der Waals surface area contributed by atoms with E-state index in [1.54, 1.807) is 12.1 Å². The fourth-order valence-electron chi connectivity index (χ4n) is 2.13. The second kappa shape index (κ2) is 5.32. The summed E-state index contributed by atoms with van der Waals surface area (Å²) >= 11 is 0. The summed E-state index contributed by atoms with van der Waals surface area (Å²) in [4.78, 5) is 14.8. The van der Waals surface area contributed by atoms with Gasteiger partial charge < -0.3 is 10.6 Å². The summed E-state index contributed by atoms with van der Waals surface area (Å²) in [6, 6.07) is 4.98. The van der Waals surface area contributed by atoms with Crippen LogP contribution in [-0.2, 0) is 6.54 Å². The van der Waals surface area contributed by atoms with E-state index in [9.17, 15) is 10.1 Å². The number of benzene rings is 1. The van der Waals surface area contributed by atoms with Gasteiger partial charge in [0.2, 0.25) is 0 Å². The zero-order chi connectivity index (χ0) is 13.1. The highest BCUT2D eigenvalue weighted by molar-refractivity contribution is 5.59. The number of nitro groups is 1. The number of anilines is 1. The number of likely N-dealkylation sites (N-methyl/N-ethyl adjacent to an activating group) is 1. The Morgan fingerprint density at radius 3 is 2.56 bits per heavy atom. The maximum absolute atomic E-state index is 10.7. The summed E-state index contributed by atoms with van der Waals surface area (Å²) in [6.07, 6.45) is 0. The molecule has 0 aromatic heterocycles. The molecule has 18 heavy (non-hydrogen) atoms. The van der Waals surface area contributed by atoms with Gasteiger partial charge in [-0.05, 0) is 18.7 Å². The third kappa shape index (κ3) is 2.96. The summed E-state index contributed by atoms with van der Waals surface area (Å²) in [5.74, 6) is 0. The first kappa shape index (κ1) is 12.8. The standard InChI is InChI=1S/C12H18N4O2/c1-14-4-6-15(7-5-14)9-10-2-3-12(16(17)18)11(13)8-10/h2-3,8H,4-7,9,13H2,1H3. The molecule has 1 aromatic carbocycles. The van der Waals surface area contributed by atoms with Crippen LogP contribution < -0.4 is 5.73 Å². The second-order valence-electron chi connectivity index (χ2n) is 4.73. The van der Waals surface area contributed by atoms with E-state index < -0.39 is 4.92 Å². The number of nitrogens with zero attached hydrogens (tertiary/aromatic N) is 3. The molecule has 1 aromatic rings. The molecule has 0 radical (unpaired) electrons. The van der Waals surface area contributed by atoms with Gasteiger partial charge >= 0.3 is 0 Å². The van der Waals surface area contributed by atoms with Crippen molar-refractivity contribution in [3.63, 3.8) is 0 Å². The van der Waals surface area contributed by atoms with Crippen molar-refractivity contribution in [1.82, 2.24) is 9.80 Å². The maximum atomic E-state index is 10.7. The van der Waals surface area contributed by atoms with Crippen LogP contribution in [0.3, 0.4) is 0 Å². The Bertz CT molecular complexity index is 442. The highest BCUT2D eigenvalue weighted by Crippen LogP contribution is 2.22. The van der Waals surface area contributed by atoms with Crippen molar-refractivity contribution in [3.05, 3.63) is 33.9 Å². The van der Waals surface area contributed by atoms with Crippen molar-refractivity contribution < 1.29 is 4.92 Å². The molecule has 6 nitrogen and oxygen atoms in total. The van der Waals surface area contributed by atoms with E-state index in [1.807, 2.05) is 0 Å². The Kier molecular flexibility index (Phi) is 3.78. The summed E-state index contributed by atoms with van der Waals surface area (Å²) < 4.78 is 0. The number of hydrogen-bond acceptors (Lipinski definition) is 5. The van der Waals surface area contributed by atoms with E-state index in [-0.39, 0.29) is 11.4 Å². The quantitative estimate of drug-likeness (QED) is 0.490. The van der Waals surface area contributed by atoms with Gasteiger partial charge in [0.15, 0.2) is 0 Å². The van der Waals surface area contributed by atoms with Crippen LogP contribution in [0, 0.1) is 10.1 Å². The molecule has 0 amide bonds. The lowest BCUT2D eigenvalue weighted by Crippen LogP contribution is -2.43. The van der Waals surface area contributed by atoms with E-state index in [2.05, 4.69) is 16.8 Å². The minimum atomic E-state index is -0.449. The van der Waals surface area contributed by atoms with E-state index in [4.69, 9.17) is 5.73 Å². The first-order valence-electron chi connectivity index (χ1n) is 6.00. The average molecular weight is 250 g/mol. The van der Waals surface area contributed by atoms with Crippen molar-refractivity contribution in [2.75, 3.05) is 39.0 Å². The molecule has 2 N–H and O–H groups in total. The van der Waals surface area contributed by atoms with Crippen LogP contribution >= 0.6 is 0 Å². The van der Waals surface area contributed by atoms with Gasteiger partial charge in [-0.25, -0.2) is 0 Å². The normalized spacial score (nSPS) is 17.8. The molecule has 1 heterocycles. The topological polar surface area (TPSA) is 75.6 Å². The molecule has 1 fully saturated rings. The largest absolute Gasteiger partial charge is 0.393 e. The molecule has 0 spiro atoms. The molecular formula is C12H18N4O2. The lowest BCUT2D eigenvalue weighted by molar-refractivity contribution is -0.383. The van der Waals surface area contributed by atoms with E-state index in [0.29, 0.717) is 0 Å². The second-order valence-corrected chi connectivity index (χ2v) is 4.73. The smallest absolute Gasteiger partial charge is 0.292 e. The van der Waals surface area contributed by atoms with E-state index in [1.165, 1.54) is 6.07 Å². The minimum Gasteiger partial charge on any atom is -0.393 e. The van der Waals surface area contributed by atoms with Gasteiger partial charge in [0.25, 0.3) is 5.69 Å².